The second kappa shape index (κ2) is 3.78. The van der Waals surface area contributed by atoms with Gasteiger partial charge in [-0.2, -0.15) is 0 Å². The molecule has 19 heavy (non-hydrogen) atoms. The molecule has 2 aromatic heterocycles. The van der Waals surface area contributed by atoms with Crippen molar-refractivity contribution < 1.29 is 0 Å². The highest BCUT2D eigenvalue weighted by Crippen LogP contribution is 2.52. The van der Waals surface area contributed by atoms with Gasteiger partial charge in [0, 0.05) is 12.4 Å². The lowest BCUT2D eigenvalue weighted by Crippen LogP contribution is -2.13. The number of hydrogen-bond acceptors (Lipinski definition) is 3. The topological polar surface area (TPSA) is 43.1 Å². The minimum Gasteiger partial charge on any atom is -0.282 e. The van der Waals surface area contributed by atoms with Gasteiger partial charge in [0.15, 0.2) is 10.8 Å². The van der Waals surface area contributed by atoms with Crippen LogP contribution in [0.25, 0.3) is 5.65 Å². The summed E-state index contributed by atoms with van der Waals surface area (Å²) < 4.78 is 1.95. The zero-order valence-corrected chi connectivity index (χ0v) is 10.9. The number of benzene rings is 1. The molecule has 4 rings (SSSR count). The predicted molar refractivity (Wildman–Crippen MR) is 72.2 cm³/mol. The molecular formula is C14H11ClN4. The molecule has 5 heteroatoms. The van der Waals surface area contributed by atoms with Crippen LogP contribution in [0.2, 0.25) is 5.15 Å². The Morgan fingerprint density at radius 2 is 1.89 bits per heavy atom. The highest BCUT2D eigenvalue weighted by Gasteiger charge is 2.49. The molecule has 2 heterocycles. The largest absolute Gasteiger partial charge is 0.282 e. The second-order valence-electron chi connectivity index (χ2n) is 4.88. The number of nitrogens with zero attached hydrogens (tertiary/aromatic N) is 4. The fraction of sp³-hybridized carbons (Fsp3) is 0.214. The maximum atomic E-state index is 6.05. The molecule has 0 unspecified atom stereocenters. The summed E-state index contributed by atoms with van der Waals surface area (Å²) in [6.45, 7) is 0. The van der Waals surface area contributed by atoms with E-state index in [0.717, 1.165) is 18.7 Å². The monoisotopic (exact) mass is 270 g/mol. The van der Waals surface area contributed by atoms with Crippen LogP contribution < -0.4 is 0 Å². The van der Waals surface area contributed by atoms with E-state index in [4.69, 9.17) is 11.6 Å². The van der Waals surface area contributed by atoms with E-state index in [1.807, 2.05) is 16.7 Å². The number of halogens is 1. The number of hydrogen-bond donors (Lipinski definition) is 0. The van der Waals surface area contributed by atoms with Crippen LogP contribution in [0.3, 0.4) is 0 Å². The number of aromatic nitrogens is 4. The second-order valence-corrected chi connectivity index (χ2v) is 5.24. The van der Waals surface area contributed by atoms with Crippen molar-refractivity contribution in [2.75, 3.05) is 0 Å². The molecule has 1 aliphatic carbocycles. The van der Waals surface area contributed by atoms with Crippen molar-refractivity contribution in [3.8, 4) is 0 Å². The summed E-state index contributed by atoms with van der Waals surface area (Å²) in [4.78, 5) is 4.04. The SMILES string of the molecule is Clc1nccn2c(C3(c4ccccc4)CC3)nnc12. The molecule has 4 nitrogen and oxygen atoms in total. The van der Waals surface area contributed by atoms with Gasteiger partial charge in [-0.25, -0.2) is 4.98 Å². The standard InChI is InChI=1S/C14H11ClN4/c15-11-12-17-18-13(19(12)9-8-16-11)14(6-7-14)10-4-2-1-3-5-10/h1-5,8-9H,6-7H2. The van der Waals surface area contributed by atoms with Gasteiger partial charge in [0.1, 0.15) is 5.82 Å². The first-order valence-electron chi connectivity index (χ1n) is 6.22. The van der Waals surface area contributed by atoms with Crippen LogP contribution in [-0.4, -0.2) is 19.6 Å². The van der Waals surface area contributed by atoms with E-state index in [0.29, 0.717) is 10.8 Å². The zero-order chi connectivity index (χ0) is 12.9. The predicted octanol–water partition coefficient (Wildman–Crippen LogP) is 2.86. The normalized spacial score (nSPS) is 16.7. The van der Waals surface area contributed by atoms with Crippen molar-refractivity contribution >= 4 is 17.2 Å². The molecule has 0 saturated heterocycles. The van der Waals surface area contributed by atoms with Crippen molar-refractivity contribution in [3.05, 3.63) is 59.3 Å². The molecule has 94 valence electrons. The van der Waals surface area contributed by atoms with Crippen molar-refractivity contribution in [1.29, 1.82) is 0 Å². The van der Waals surface area contributed by atoms with Gasteiger partial charge in [0.05, 0.1) is 5.41 Å². The molecule has 0 bridgehead atoms. The third-order valence-electron chi connectivity index (χ3n) is 3.79. The summed E-state index contributed by atoms with van der Waals surface area (Å²) in [5, 5.41) is 8.92. The van der Waals surface area contributed by atoms with Crippen LogP contribution >= 0.6 is 11.6 Å². The van der Waals surface area contributed by atoms with Crippen LogP contribution in [0, 0.1) is 0 Å². The van der Waals surface area contributed by atoms with Gasteiger partial charge in [-0.1, -0.05) is 41.9 Å². The summed E-state index contributed by atoms with van der Waals surface area (Å²) in [6, 6.07) is 10.5. The third kappa shape index (κ3) is 1.50. The highest BCUT2D eigenvalue weighted by molar-refractivity contribution is 6.32. The lowest BCUT2D eigenvalue weighted by molar-refractivity contribution is 0.739. The summed E-state index contributed by atoms with van der Waals surface area (Å²) in [6.07, 6.45) is 5.75. The lowest BCUT2D eigenvalue weighted by Gasteiger charge is -2.13. The molecule has 0 amide bonds. The molecule has 1 aliphatic rings. The Bertz CT molecular complexity index is 746. The number of fused-ring (bicyclic) bond motifs is 1. The Morgan fingerprint density at radius 1 is 1.11 bits per heavy atom. The summed E-state index contributed by atoms with van der Waals surface area (Å²) in [7, 11) is 0. The van der Waals surface area contributed by atoms with Gasteiger partial charge in [-0.3, -0.25) is 4.40 Å². The quantitative estimate of drug-likeness (QED) is 0.719. The van der Waals surface area contributed by atoms with E-state index >= 15 is 0 Å². The molecule has 0 aliphatic heterocycles. The minimum atomic E-state index is -0.00857. The molecular weight excluding hydrogens is 260 g/mol. The van der Waals surface area contributed by atoms with Gasteiger partial charge in [0.2, 0.25) is 0 Å². The van der Waals surface area contributed by atoms with Crippen molar-refractivity contribution in [2.45, 2.75) is 18.3 Å². The van der Waals surface area contributed by atoms with Gasteiger partial charge in [0.25, 0.3) is 0 Å². The smallest absolute Gasteiger partial charge is 0.198 e. The van der Waals surface area contributed by atoms with Crippen LogP contribution in [0.1, 0.15) is 24.2 Å². The Balaban J connectivity index is 1.94. The average molecular weight is 271 g/mol. The van der Waals surface area contributed by atoms with Crippen LogP contribution in [-0.2, 0) is 5.41 Å². The highest BCUT2D eigenvalue weighted by atomic mass is 35.5. The first-order chi connectivity index (χ1) is 9.31. The Hall–Kier alpha value is -1.94. The Morgan fingerprint density at radius 3 is 2.63 bits per heavy atom. The fourth-order valence-electron chi connectivity index (χ4n) is 2.65. The van der Waals surface area contributed by atoms with Crippen molar-refractivity contribution in [1.82, 2.24) is 19.6 Å². The van der Waals surface area contributed by atoms with Crippen molar-refractivity contribution in [2.24, 2.45) is 0 Å². The maximum absolute atomic E-state index is 6.05. The zero-order valence-electron chi connectivity index (χ0n) is 10.1. The molecule has 0 atom stereocenters. The van der Waals surface area contributed by atoms with E-state index in [9.17, 15) is 0 Å². The van der Waals surface area contributed by atoms with Crippen LogP contribution in [0.4, 0.5) is 0 Å². The van der Waals surface area contributed by atoms with E-state index in [1.165, 1.54) is 5.56 Å². The van der Waals surface area contributed by atoms with E-state index in [2.05, 4.69) is 39.4 Å². The maximum Gasteiger partial charge on any atom is 0.198 e. The summed E-state index contributed by atoms with van der Waals surface area (Å²) >= 11 is 6.05. The first kappa shape index (κ1) is 10.9. The van der Waals surface area contributed by atoms with Crippen LogP contribution in [0.15, 0.2) is 42.7 Å². The average Bonchev–Trinajstić information content (AvgIpc) is 3.14. The number of rotatable bonds is 2. The molecule has 1 saturated carbocycles. The molecule has 0 spiro atoms. The minimum absolute atomic E-state index is 0.00857. The summed E-state index contributed by atoms with van der Waals surface area (Å²) in [5.74, 6) is 0.956. The van der Waals surface area contributed by atoms with Gasteiger partial charge >= 0.3 is 0 Å². The Labute approximate surface area is 115 Å². The van der Waals surface area contributed by atoms with E-state index < -0.39 is 0 Å². The van der Waals surface area contributed by atoms with E-state index in [1.54, 1.807) is 6.20 Å². The molecule has 1 aromatic carbocycles. The van der Waals surface area contributed by atoms with Crippen molar-refractivity contribution in [3.63, 3.8) is 0 Å². The van der Waals surface area contributed by atoms with E-state index in [-0.39, 0.29) is 5.41 Å². The fourth-order valence-corrected chi connectivity index (χ4v) is 2.83. The van der Waals surface area contributed by atoms with Crippen LogP contribution in [0.5, 0.6) is 0 Å². The Kier molecular flexibility index (Phi) is 2.17. The molecule has 0 radical (unpaired) electrons. The van der Waals surface area contributed by atoms with Gasteiger partial charge in [-0.05, 0) is 18.4 Å². The molecule has 1 fully saturated rings. The molecule has 3 aromatic rings. The lowest BCUT2D eigenvalue weighted by atomic mass is 9.95. The third-order valence-corrected chi connectivity index (χ3v) is 4.05. The molecule has 0 N–H and O–H groups in total. The summed E-state index contributed by atoms with van der Waals surface area (Å²) in [5.41, 5.74) is 1.91. The van der Waals surface area contributed by atoms with Gasteiger partial charge in [-0.15, -0.1) is 10.2 Å². The first-order valence-corrected chi connectivity index (χ1v) is 6.60. The van der Waals surface area contributed by atoms with Gasteiger partial charge < -0.3 is 0 Å².